The normalized spacial score (nSPS) is 18.2. The number of amides is 1. The monoisotopic (exact) mass is 1080 g/mol. The van der Waals surface area contributed by atoms with Crippen LogP contribution in [0.4, 0.5) is 4.79 Å². The lowest BCUT2D eigenvalue weighted by Gasteiger charge is -2.31. The van der Waals surface area contributed by atoms with E-state index in [0.717, 1.165) is 24.0 Å². The van der Waals surface area contributed by atoms with Gasteiger partial charge in [-0.25, -0.2) is 23.4 Å². The lowest BCUT2D eigenvalue weighted by atomic mass is 10.0. The summed E-state index contributed by atoms with van der Waals surface area (Å²) in [7, 11) is -6.75. The van der Waals surface area contributed by atoms with Gasteiger partial charge in [0, 0.05) is 13.1 Å². The van der Waals surface area contributed by atoms with Crippen molar-refractivity contribution >= 4 is 35.5 Å². The Morgan fingerprint density at radius 3 is 1.83 bits per heavy atom. The molecule has 410 valence electrons. The van der Waals surface area contributed by atoms with Crippen LogP contribution in [0.25, 0.3) is 0 Å². The molecule has 20 heteroatoms. The van der Waals surface area contributed by atoms with Gasteiger partial charge < -0.3 is 43.6 Å². The highest BCUT2D eigenvalue weighted by Gasteiger charge is 2.44. The zero-order valence-electron chi connectivity index (χ0n) is 43.7. The van der Waals surface area contributed by atoms with Gasteiger partial charge in [0.05, 0.1) is 56.5 Å². The molecule has 2 saturated heterocycles. The highest BCUT2D eigenvalue weighted by atomic mass is 32.2. The number of methoxy groups -OCH3 is 1. The SMILES string of the molecule is CCCCOC(=O)[C@H](Cc1ccccc1)NP(=O)(COc1ccc(C[C@H](NC(=O)O[C@H]2CO[C@H]3OCC[C@H]32)[C@H](O)CN(CC(C)C)S(=O)(=O)c2ccc(OC)cc2)cc1)N[C@@H](Cc1ccccc1)C(=O)OCCCC. The first-order valence-corrected chi connectivity index (χ1v) is 29.2. The molecule has 0 spiro atoms. The fourth-order valence-electron chi connectivity index (χ4n) is 8.72. The van der Waals surface area contributed by atoms with E-state index >= 15 is 4.57 Å². The van der Waals surface area contributed by atoms with E-state index in [2.05, 4.69) is 15.5 Å². The lowest BCUT2D eigenvalue weighted by Crippen LogP contribution is -2.51. The molecule has 0 bridgehead atoms. The number of nitrogens with one attached hydrogen (secondary N) is 3. The lowest BCUT2D eigenvalue weighted by molar-refractivity contribution is -0.146. The second kappa shape index (κ2) is 29.2. The fourth-order valence-corrected chi connectivity index (χ4v) is 12.3. The van der Waals surface area contributed by atoms with Crippen LogP contribution in [-0.4, -0.2) is 125 Å². The molecule has 2 aliphatic heterocycles. The van der Waals surface area contributed by atoms with Crippen LogP contribution in [0, 0.1) is 11.8 Å². The standard InChI is InChI=1S/C55H75N4O14PS/c1-6-8-29-68-52(61)48(33-40-16-12-10-13-17-40)57-74(64,58-49(53(62)69-30-9-7-2)34-41-18-14-11-15-19-41)38-72-44-22-20-42(21-23-44)32-47(56-55(63)73-51-37-71-54-46(51)28-31-70-54)50(60)36-59(35-39(3)4)75(65,66)45-26-24-43(67-5)25-27-45/h10-27,39,46-51,54,60H,6-9,28-38H2,1-5H3,(H,56,63)(H2,57,58,64)/t46-,47-,48-,49-,50+,51-,54+/m0/s1. The van der Waals surface area contributed by atoms with E-state index in [1.54, 1.807) is 36.4 Å². The molecule has 2 fully saturated rings. The van der Waals surface area contributed by atoms with Crippen LogP contribution >= 0.6 is 7.44 Å². The van der Waals surface area contributed by atoms with Gasteiger partial charge in [-0.2, -0.15) is 4.31 Å². The van der Waals surface area contributed by atoms with Gasteiger partial charge in [-0.15, -0.1) is 0 Å². The quantitative estimate of drug-likeness (QED) is 0.0166. The molecule has 18 nitrogen and oxygen atoms in total. The molecule has 6 rings (SSSR count). The molecule has 0 saturated carbocycles. The third kappa shape index (κ3) is 18.1. The number of unbranched alkanes of at least 4 members (excludes halogenated alkanes) is 2. The Labute approximate surface area is 442 Å². The average molecular weight is 1080 g/mol. The van der Waals surface area contributed by atoms with Crippen molar-refractivity contribution in [1.82, 2.24) is 19.8 Å². The molecule has 4 aromatic carbocycles. The molecule has 4 aromatic rings. The van der Waals surface area contributed by atoms with Crippen molar-refractivity contribution in [3.05, 3.63) is 126 Å². The number of carbonyl (C=O) groups excluding carboxylic acids is 3. The van der Waals surface area contributed by atoms with Crippen molar-refractivity contribution < 1.29 is 65.6 Å². The van der Waals surface area contributed by atoms with Crippen molar-refractivity contribution in [2.24, 2.45) is 11.8 Å². The molecule has 2 heterocycles. The summed E-state index contributed by atoms with van der Waals surface area (Å²) in [5, 5.41) is 20.9. The third-order valence-corrected chi connectivity index (χ3v) is 16.6. The summed E-state index contributed by atoms with van der Waals surface area (Å²) in [6.07, 6.45) is -0.0389. The van der Waals surface area contributed by atoms with Gasteiger partial charge in [0.15, 0.2) is 12.6 Å². The summed E-state index contributed by atoms with van der Waals surface area (Å²) in [4.78, 5) is 41.3. The number of carbonyl (C=O) groups is 3. The summed E-state index contributed by atoms with van der Waals surface area (Å²) < 4.78 is 84.9. The second-order valence-corrected chi connectivity index (χ2v) is 23.5. The molecule has 7 atom stereocenters. The summed E-state index contributed by atoms with van der Waals surface area (Å²) in [6.45, 7) is 8.36. The van der Waals surface area contributed by atoms with Crippen LogP contribution in [0.1, 0.15) is 76.5 Å². The number of aliphatic hydroxyl groups excluding tert-OH is 1. The number of ether oxygens (including phenoxy) is 7. The maximum atomic E-state index is 15.5. The zero-order valence-corrected chi connectivity index (χ0v) is 45.4. The molecular weight excluding hydrogens is 1000 g/mol. The van der Waals surface area contributed by atoms with Gasteiger partial charge in [-0.05, 0) is 97.5 Å². The summed E-state index contributed by atoms with van der Waals surface area (Å²) in [6, 6.07) is 27.8. The van der Waals surface area contributed by atoms with Gasteiger partial charge in [0.1, 0.15) is 29.7 Å². The number of fused-ring (bicyclic) bond motifs is 1. The first kappa shape index (κ1) is 58.9. The molecule has 0 aromatic heterocycles. The van der Waals surface area contributed by atoms with Crippen LogP contribution in [0.2, 0.25) is 0 Å². The van der Waals surface area contributed by atoms with E-state index in [0.29, 0.717) is 37.2 Å². The number of alkyl carbamates (subject to hydrolysis) is 1. The number of aliphatic hydroxyl groups is 1. The average Bonchev–Trinajstić information content (AvgIpc) is 4.03. The predicted molar refractivity (Wildman–Crippen MR) is 283 cm³/mol. The maximum Gasteiger partial charge on any atom is 0.407 e. The van der Waals surface area contributed by atoms with Crippen LogP contribution in [0.5, 0.6) is 11.5 Å². The minimum atomic E-state index is -4.13. The number of sulfonamides is 1. The summed E-state index contributed by atoms with van der Waals surface area (Å²) in [5.74, 6) is -0.747. The van der Waals surface area contributed by atoms with Crippen LogP contribution in [0.3, 0.4) is 0 Å². The Morgan fingerprint density at radius 2 is 1.29 bits per heavy atom. The van der Waals surface area contributed by atoms with E-state index in [4.69, 9.17) is 33.2 Å². The highest BCUT2D eigenvalue weighted by Crippen LogP contribution is 2.40. The molecule has 1 amide bonds. The fraction of sp³-hybridized carbons (Fsp3) is 0.509. The van der Waals surface area contributed by atoms with Crippen molar-refractivity contribution in [2.45, 2.75) is 121 Å². The maximum absolute atomic E-state index is 15.5. The number of rotatable bonds is 31. The van der Waals surface area contributed by atoms with E-state index in [1.165, 1.54) is 23.5 Å². The predicted octanol–water partition coefficient (Wildman–Crippen LogP) is 7.42. The highest BCUT2D eigenvalue weighted by molar-refractivity contribution is 7.89. The van der Waals surface area contributed by atoms with Crippen LogP contribution in [-0.2, 0) is 67.1 Å². The largest absolute Gasteiger partial charge is 0.497 e. The van der Waals surface area contributed by atoms with Crippen LogP contribution < -0.4 is 25.0 Å². The molecule has 75 heavy (non-hydrogen) atoms. The van der Waals surface area contributed by atoms with Crippen molar-refractivity contribution in [3.8, 4) is 11.5 Å². The third-order valence-electron chi connectivity index (χ3n) is 12.8. The van der Waals surface area contributed by atoms with Gasteiger partial charge in [-0.3, -0.25) is 14.2 Å². The van der Waals surface area contributed by atoms with Crippen molar-refractivity contribution in [2.75, 3.05) is 53.0 Å². The molecule has 2 aliphatic rings. The zero-order chi connectivity index (χ0) is 53.8. The van der Waals surface area contributed by atoms with Crippen molar-refractivity contribution in [3.63, 3.8) is 0 Å². The van der Waals surface area contributed by atoms with Crippen LogP contribution in [0.15, 0.2) is 114 Å². The minimum absolute atomic E-state index is 0.0115. The molecule has 0 radical (unpaired) electrons. The molecule has 4 N–H and O–H groups in total. The van der Waals surface area contributed by atoms with E-state index in [-0.39, 0.29) is 74.7 Å². The Morgan fingerprint density at radius 1 is 0.747 bits per heavy atom. The summed E-state index contributed by atoms with van der Waals surface area (Å²) >= 11 is 0. The Kier molecular flexibility index (Phi) is 22.9. The van der Waals surface area contributed by atoms with E-state index in [1.807, 2.05) is 88.4 Å². The smallest absolute Gasteiger partial charge is 0.407 e. The number of hydrogen-bond donors (Lipinski definition) is 4. The van der Waals surface area contributed by atoms with E-state index < -0.39 is 78.5 Å². The number of esters is 2. The second-order valence-electron chi connectivity index (χ2n) is 19.3. The number of benzene rings is 4. The molecular formula is C55H75N4O14PS. The Hall–Kier alpha value is -5.37. The van der Waals surface area contributed by atoms with Gasteiger partial charge in [0.2, 0.25) is 17.5 Å². The number of hydrogen-bond acceptors (Lipinski definition) is 14. The topological polar surface area (TPSA) is 227 Å². The van der Waals surface area contributed by atoms with Gasteiger partial charge in [-0.1, -0.05) is 113 Å². The molecule has 0 unspecified atom stereocenters. The number of nitrogens with zero attached hydrogens (tertiary/aromatic N) is 1. The summed E-state index contributed by atoms with van der Waals surface area (Å²) in [5.41, 5.74) is 2.18. The minimum Gasteiger partial charge on any atom is -0.497 e. The first-order valence-electron chi connectivity index (χ1n) is 25.9. The van der Waals surface area contributed by atoms with Crippen molar-refractivity contribution in [1.29, 1.82) is 0 Å². The van der Waals surface area contributed by atoms with Gasteiger partial charge >= 0.3 is 18.0 Å². The Bertz CT molecular complexity index is 2470. The van der Waals surface area contributed by atoms with Gasteiger partial charge in [0.25, 0.3) is 0 Å². The molecule has 0 aliphatic carbocycles. The Balaban J connectivity index is 1.25. The first-order chi connectivity index (χ1) is 36.1. The van der Waals surface area contributed by atoms with E-state index in [9.17, 15) is 27.9 Å².